The number of nitrogens with zero attached hydrogens (tertiary/aromatic N) is 1. The summed E-state index contributed by atoms with van der Waals surface area (Å²) in [5.41, 5.74) is 6.98. The molecule has 20 heavy (non-hydrogen) atoms. The molecule has 1 heterocycles. The Morgan fingerprint density at radius 1 is 0.900 bits per heavy atom. The first-order valence-electron chi connectivity index (χ1n) is 6.50. The van der Waals surface area contributed by atoms with Crippen LogP contribution < -0.4 is 5.45 Å². The van der Waals surface area contributed by atoms with E-state index >= 15 is 0 Å². The molecule has 0 spiro atoms. The molecule has 0 amide bonds. The number of hydrogen-bond acceptors (Lipinski definition) is 1. The Labute approximate surface area is 121 Å². The number of aromatic amines is 1. The highest BCUT2D eigenvalue weighted by atomic mass is 28.2. The highest BCUT2D eigenvalue weighted by Crippen LogP contribution is 2.22. The third-order valence-corrected chi connectivity index (χ3v) is 4.00. The third-order valence-electron chi connectivity index (χ3n) is 3.02. The summed E-state index contributed by atoms with van der Waals surface area (Å²) in [6.45, 7) is 0. The largest absolute Gasteiger partial charge is 0.353 e. The van der Waals surface area contributed by atoms with Crippen molar-refractivity contribution in [3.63, 3.8) is 0 Å². The Bertz CT molecular complexity index is 632. The molecule has 1 aromatic heterocycles. The summed E-state index contributed by atoms with van der Waals surface area (Å²) in [4.78, 5) is 7.44. The molecule has 0 unspecified atom stereocenters. The fourth-order valence-corrected chi connectivity index (χ4v) is 2.98. The van der Waals surface area contributed by atoms with Gasteiger partial charge in [-0.1, -0.05) is 66.4 Å². The van der Waals surface area contributed by atoms with Crippen molar-refractivity contribution in [3.8, 4) is 0 Å². The molecule has 3 aromatic rings. The molecule has 0 aliphatic carbocycles. The van der Waals surface area contributed by atoms with E-state index in [1.165, 1.54) is 16.7 Å². The molecular formula is C17H14N2Si. The van der Waals surface area contributed by atoms with Crippen LogP contribution in [0.2, 0.25) is 0 Å². The standard InChI is InChI=1S/C17H14N2Si/c1-3-7-14(8-4-1)16(15-9-5-2-6-10-15)13-20-17-18-11-12-19-17/h1-13H,(H,18,19). The van der Waals surface area contributed by atoms with E-state index in [9.17, 15) is 0 Å². The SMILES string of the molecule is C([Si]c1ncc[nH]1)=C(c1ccccc1)c1ccccc1. The van der Waals surface area contributed by atoms with E-state index in [-0.39, 0.29) is 0 Å². The van der Waals surface area contributed by atoms with Gasteiger partial charge in [-0.3, -0.25) is 0 Å². The number of aromatic nitrogens is 2. The summed E-state index contributed by atoms with van der Waals surface area (Å²) >= 11 is 0. The number of hydrogen-bond donors (Lipinski definition) is 1. The van der Waals surface area contributed by atoms with Gasteiger partial charge in [0.15, 0.2) is 9.52 Å². The van der Waals surface area contributed by atoms with Gasteiger partial charge in [-0.2, -0.15) is 0 Å². The van der Waals surface area contributed by atoms with Crippen LogP contribution in [-0.2, 0) is 0 Å². The van der Waals surface area contributed by atoms with Crippen LogP contribution in [-0.4, -0.2) is 19.5 Å². The average molecular weight is 274 g/mol. The monoisotopic (exact) mass is 274 g/mol. The number of imidazole rings is 1. The molecule has 0 aliphatic rings. The van der Waals surface area contributed by atoms with Crippen molar-refractivity contribution >= 4 is 20.5 Å². The zero-order chi connectivity index (χ0) is 13.6. The minimum Gasteiger partial charge on any atom is -0.353 e. The van der Waals surface area contributed by atoms with E-state index in [2.05, 4.69) is 64.2 Å². The van der Waals surface area contributed by atoms with Gasteiger partial charge in [-0.15, -0.1) is 0 Å². The number of rotatable bonds is 4. The molecule has 0 bridgehead atoms. The first kappa shape index (κ1) is 12.6. The van der Waals surface area contributed by atoms with Gasteiger partial charge >= 0.3 is 0 Å². The average Bonchev–Trinajstić information content (AvgIpc) is 3.03. The van der Waals surface area contributed by atoms with E-state index in [1.54, 1.807) is 6.20 Å². The van der Waals surface area contributed by atoms with Crippen molar-refractivity contribution < 1.29 is 0 Å². The van der Waals surface area contributed by atoms with Crippen LogP contribution in [0.4, 0.5) is 0 Å². The van der Waals surface area contributed by atoms with E-state index in [4.69, 9.17) is 0 Å². The zero-order valence-corrected chi connectivity index (χ0v) is 12.0. The van der Waals surface area contributed by atoms with Gasteiger partial charge < -0.3 is 4.98 Å². The minimum atomic E-state index is 0.532. The molecule has 2 radical (unpaired) electrons. The van der Waals surface area contributed by atoms with Crippen LogP contribution >= 0.6 is 0 Å². The van der Waals surface area contributed by atoms with Gasteiger partial charge in [0.2, 0.25) is 0 Å². The van der Waals surface area contributed by atoms with Crippen LogP contribution in [0, 0.1) is 0 Å². The van der Waals surface area contributed by atoms with Crippen LogP contribution in [0.15, 0.2) is 78.8 Å². The van der Waals surface area contributed by atoms with Gasteiger partial charge in [0.05, 0.1) is 5.45 Å². The van der Waals surface area contributed by atoms with Gasteiger partial charge in [0, 0.05) is 12.4 Å². The predicted octanol–water partition coefficient (Wildman–Crippen LogP) is 2.83. The Balaban J connectivity index is 1.98. The Hall–Kier alpha value is -2.39. The highest BCUT2D eigenvalue weighted by Gasteiger charge is 2.05. The zero-order valence-electron chi connectivity index (χ0n) is 11.0. The quantitative estimate of drug-likeness (QED) is 0.728. The maximum atomic E-state index is 4.29. The molecular weight excluding hydrogens is 260 g/mol. The summed E-state index contributed by atoms with van der Waals surface area (Å²) in [6.07, 6.45) is 3.65. The fourth-order valence-electron chi connectivity index (χ4n) is 2.05. The van der Waals surface area contributed by atoms with Gasteiger partial charge in [0.1, 0.15) is 0 Å². The lowest BCUT2D eigenvalue weighted by atomic mass is 10.00. The Kier molecular flexibility index (Phi) is 3.90. The predicted molar refractivity (Wildman–Crippen MR) is 83.9 cm³/mol. The van der Waals surface area contributed by atoms with Gasteiger partial charge in [-0.25, -0.2) is 4.98 Å². The van der Waals surface area contributed by atoms with Gasteiger partial charge in [0.25, 0.3) is 0 Å². The van der Waals surface area contributed by atoms with Crippen molar-refractivity contribution in [1.29, 1.82) is 0 Å². The molecule has 2 aromatic carbocycles. The molecule has 0 atom stereocenters. The normalized spacial score (nSPS) is 10.2. The Morgan fingerprint density at radius 2 is 1.50 bits per heavy atom. The summed E-state index contributed by atoms with van der Waals surface area (Å²) < 4.78 is 0. The lowest BCUT2D eigenvalue weighted by Crippen LogP contribution is -2.16. The molecule has 3 heteroatoms. The second-order valence-electron chi connectivity index (χ2n) is 4.37. The van der Waals surface area contributed by atoms with Crippen molar-refractivity contribution in [2.75, 3.05) is 0 Å². The minimum absolute atomic E-state index is 0.532. The maximum Gasteiger partial charge on any atom is 0.163 e. The van der Waals surface area contributed by atoms with Crippen molar-refractivity contribution in [1.82, 2.24) is 9.97 Å². The topological polar surface area (TPSA) is 28.7 Å². The fraction of sp³-hybridized carbons (Fsp3) is 0. The first-order valence-corrected chi connectivity index (χ1v) is 7.58. The number of H-pyrrole nitrogens is 1. The molecule has 0 aliphatic heterocycles. The number of nitrogens with one attached hydrogen (secondary N) is 1. The van der Waals surface area contributed by atoms with Crippen LogP contribution in [0.25, 0.3) is 5.57 Å². The van der Waals surface area contributed by atoms with E-state index in [0.717, 1.165) is 5.45 Å². The van der Waals surface area contributed by atoms with E-state index in [1.807, 2.05) is 18.3 Å². The van der Waals surface area contributed by atoms with Crippen LogP contribution in [0.5, 0.6) is 0 Å². The van der Waals surface area contributed by atoms with Crippen LogP contribution in [0.1, 0.15) is 11.1 Å². The lowest BCUT2D eigenvalue weighted by Gasteiger charge is -2.08. The summed E-state index contributed by atoms with van der Waals surface area (Å²) in [6, 6.07) is 20.9. The van der Waals surface area contributed by atoms with Gasteiger partial charge in [-0.05, 0) is 16.7 Å². The number of benzene rings is 2. The second kappa shape index (κ2) is 6.17. The molecule has 1 N–H and O–H groups in total. The first-order chi connectivity index (χ1) is 9.93. The van der Waals surface area contributed by atoms with E-state index < -0.39 is 0 Å². The third kappa shape index (κ3) is 2.95. The maximum absolute atomic E-state index is 4.29. The summed E-state index contributed by atoms with van der Waals surface area (Å²) in [5, 5.41) is 0. The van der Waals surface area contributed by atoms with Crippen LogP contribution in [0.3, 0.4) is 0 Å². The molecule has 0 fully saturated rings. The second-order valence-corrected chi connectivity index (χ2v) is 5.42. The highest BCUT2D eigenvalue weighted by molar-refractivity contribution is 6.58. The molecule has 96 valence electrons. The summed E-state index contributed by atoms with van der Waals surface area (Å²) in [5.74, 6) is 0. The van der Waals surface area contributed by atoms with Crippen molar-refractivity contribution in [3.05, 3.63) is 89.9 Å². The molecule has 3 rings (SSSR count). The molecule has 2 nitrogen and oxygen atoms in total. The summed E-state index contributed by atoms with van der Waals surface area (Å²) in [7, 11) is 0.532. The van der Waals surface area contributed by atoms with E-state index in [0.29, 0.717) is 9.52 Å². The van der Waals surface area contributed by atoms with Crippen molar-refractivity contribution in [2.24, 2.45) is 0 Å². The van der Waals surface area contributed by atoms with Crippen molar-refractivity contribution in [2.45, 2.75) is 0 Å². The molecule has 0 saturated carbocycles. The Morgan fingerprint density at radius 3 is 2.00 bits per heavy atom. The lowest BCUT2D eigenvalue weighted by molar-refractivity contribution is 1.40. The smallest absolute Gasteiger partial charge is 0.163 e. The molecule has 0 saturated heterocycles.